The minimum absolute atomic E-state index is 0.0932. The van der Waals surface area contributed by atoms with Crippen molar-refractivity contribution in [2.75, 3.05) is 19.6 Å². The van der Waals surface area contributed by atoms with Crippen LogP contribution in [0.2, 0.25) is 0 Å². The zero-order valence-corrected chi connectivity index (χ0v) is 17.2. The van der Waals surface area contributed by atoms with Gasteiger partial charge in [0.2, 0.25) is 10.0 Å². The lowest BCUT2D eigenvalue weighted by Gasteiger charge is -2.19. The highest BCUT2D eigenvalue weighted by Crippen LogP contribution is 2.20. The van der Waals surface area contributed by atoms with Gasteiger partial charge in [-0.05, 0) is 36.2 Å². The van der Waals surface area contributed by atoms with Crippen molar-refractivity contribution in [3.63, 3.8) is 0 Å². The van der Waals surface area contributed by atoms with E-state index in [-0.39, 0.29) is 10.5 Å². The summed E-state index contributed by atoms with van der Waals surface area (Å²) in [6.07, 6.45) is 2.45. The Labute approximate surface area is 169 Å². The number of hydrogen-bond donors (Lipinski definition) is 2. The molecule has 0 spiro atoms. The van der Waals surface area contributed by atoms with Crippen LogP contribution in [0.25, 0.3) is 10.9 Å². The van der Waals surface area contributed by atoms with Gasteiger partial charge in [0.1, 0.15) is 5.82 Å². The number of amides is 1. The van der Waals surface area contributed by atoms with Crippen LogP contribution < -0.4 is 5.32 Å². The molecule has 0 aliphatic carbocycles. The average molecular weight is 418 g/mol. The molecule has 0 fully saturated rings. The summed E-state index contributed by atoms with van der Waals surface area (Å²) in [6.45, 7) is 4.34. The molecular formula is C21H24FN3O3S. The number of hydrogen-bond acceptors (Lipinski definition) is 3. The maximum absolute atomic E-state index is 14.2. The SMILES string of the molecule is CCN(CC)S(=O)(=O)c1ccc(F)c(C(=O)NCCc2c[nH]c3ccccc23)c1. The van der Waals surface area contributed by atoms with Gasteiger partial charge in [-0.2, -0.15) is 4.31 Å². The quantitative estimate of drug-likeness (QED) is 0.590. The fourth-order valence-corrected chi connectivity index (χ4v) is 4.78. The smallest absolute Gasteiger partial charge is 0.254 e. The van der Waals surface area contributed by atoms with Gasteiger partial charge in [-0.25, -0.2) is 12.8 Å². The normalized spacial score (nSPS) is 11.9. The standard InChI is InChI=1S/C21H24FN3O3S/c1-3-25(4-2)29(27,28)16-9-10-19(22)18(13-16)21(26)23-12-11-15-14-24-20-8-6-5-7-17(15)20/h5-10,13-14,24H,3-4,11-12H2,1-2H3,(H,23,26). The van der Waals surface area contributed by atoms with Gasteiger partial charge in [-0.3, -0.25) is 4.79 Å². The summed E-state index contributed by atoms with van der Waals surface area (Å²) in [4.78, 5) is 15.6. The molecule has 1 amide bonds. The molecule has 3 rings (SSSR count). The molecule has 0 aliphatic heterocycles. The number of para-hydroxylation sites is 1. The molecule has 29 heavy (non-hydrogen) atoms. The maximum atomic E-state index is 14.2. The van der Waals surface area contributed by atoms with E-state index >= 15 is 0 Å². The van der Waals surface area contributed by atoms with Crippen LogP contribution in [-0.4, -0.2) is 43.2 Å². The summed E-state index contributed by atoms with van der Waals surface area (Å²) in [5, 5.41) is 3.75. The van der Waals surface area contributed by atoms with E-state index in [1.807, 2.05) is 30.5 Å². The molecule has 0 radical (unpaired) electrons. The molecule has 0 atom stereocenters. The number of halogens is 1. The highest BCUT2D eigenvalue weighted by molar-refractivity contribution is 7.89. The Kier molecular flexibility index (Phi) is 6.34. The summed E-state index contributed by atoms with van der Waals surface area (Å²) >= 11 is 0. The number of carbonyl (C=O) groups excluding carboxylic acids is 1. The molecule has 0 aliphatic rings. The number of benzene rings is 2. The number of fused-ring (bicyclic) bond motifs is 1. The van der Waals surface area contributed by atoms with Gasteiger partial charge in [0.25, 0.3) is 5.91 Å². The molecule has 0 unspecified atom stereocenters. The molecule has 1 heterocycles. The van der Waals surface area contributed by atoms with Gasteiger partial charge in [0.05, 0.1) is 10.5 Å². The lowest BCUT2D eigenvalue weighted by atomic mass is 10.1. The summed E-state index contributed by atoms with van der Waals surface area (Å²) in [5.74, 6) is -1.40. The van der Waals surface area contributed by atoms with E-state index in [1.165, 1.54) is 10.4 Å². The van der Waals surface area contributed by atoms with E-state index in [0.717, 1.165) is 28.6 Å². The van der Waals surface area contributed by atoms with Crippen LogP contribution in [0, 0.1) is 5.82 Å². The first-order valence-corrected chi connectivity index (χ1v) is 10.9. The van der Waals surface area contributed by atoms with Crippen molar-refractivity contribution in [3.8, 4) is 0 Å². The van der Waals surface area contributed by atoms with E-state index in [9.17, 15) is 17.6 Å². The van der Waals surface area contributed by atoms with Crippen molar-refractivity contribution >= 4 is 26.8 Å². The first kappa shape index (κ1) is 21.0. The number of rotatable bonds is 8. The van der Waals surface area contributed by atoms with Crippen LogP contribution in [-0.2, 0) is 16.4 Å². The highest BCUT2D eigenvalue weighted by atomic mass is 32.2. The number of H-pyrrole nitrogens is 1. The number of aromatic amines is 1. The summed E-state index contributed by atoms with van der Waals surface area (Å²) in [6, 6.07) is 11.1. The minimum Gasteiger partial charge on any atom is -0.361 e. The third kappa shape index (κ3) is 4.33. The largest absolute Gasteiger partial charge is 0.361 e. The third-order valence-electron chi connectivity index (χ3n) is 4.88. The Morgan fingerprint density at radius 2 is 1.86 bits per heavy atom. The Morgan fingerprint density at radius 1 is 1.14 bits per heavy atom. The van der Waals surface area contributed by atoms with Gasteiger partial charge in [0, 0.05) is 36.7 Å². The van der Waals surface area contributed by atoms with Crippen LogP contribution >= 0.6 is 0 Å². The molecule has 0 saturated heterocycles. The van der Waals surface area contributed by atoms with E-state index < -0.39 is 21.7 Å². The monoisotopic (exact) mass is 417 g/mol. The van der Waals surface area contributed by atoms with Crippen LogP contribution in [0.4, 0.5) is 4.39 Å². The molecule has 1 aromatic heterocycles. The van der Waals surface area contributed by atoms with Gasteiger partial charge in [-0.1, -0.05) is 32.0 Å². The van der Waals surface area contributed by atoms with Crippen molar-refractivity contribution in [2.24, 2.45) is 0 Å². The molecule has 0 bridgehead atoms. The van der Waals surface area contributed by atoms with Crippen LogP contribution in [0.3, 0.4) is 0 Å². The van der Waals surface area contributed by atoms with Crippen LogP contribution in [0.15, 0.2) is 53.6 Å². The van der Waals surface area contributed by atoms with E-state index in [2.05, 4.69) is 10.3 Å². The minimum atomic E-state index is -3.77. The number of aromatic nitrogens is 1. The Bertz CT molecular complexity index is 1120. The van der Waals surface area contributed by atoms with Gasteiger partial charge < -0.3 is 10.3 Å². The Balaban J connectivity index is 1.73. The number of carbonyl (C=O) groups is 1. The van der Waals surface area contributed by atoms with Crippen molar-refractivity contribution < 1.29 is 17.6 Å². The third-order valence-corrected chi connectivity index (χ3v) is 6.93. The zero-order valence-electron chi connectivity index (χ0n) is 16.4. The lowest BCUT2D eigenvalue weighted by molar-refractivity contribution is 0.0950. The molecule has 0 saturated carbocycles. The summed E-state index contributed by atoms with van der Waals surface area (Å²) < 4.78 is 40.8. The predicted octanol–water partition coefficient (Wildman–Crippen LogP) is 3.31. The second-order valence-electron chi connectivity index (χ2n) is 6.60. The number of nitrogens with one attached hydrogen (secondary N) is 2. The second-order valence-corrected chi connectivity index (χ2v) is 8.53. The zero-order chi connectivity index (χ0) is 21.0. The first-order chi connectivity index (χ1) is 13.9. The van der Waals surface area contributed by atoms with E-state index in [4.69, 9.17) is 0 Å². The molecule has 3 aromatic rings. The van der Waals surface area contributed by atoms with Gasteiger partial charge in [0.15, 0.2) is 0 Å². The van der Waals surface area contributed by atoms with E-state index in [1.54, 1.807) is 13.8 Å². The Hall–Kier alpha value is -2.71. The second kappa shape index (κ2) is 8.75. The predicted molar refractivity (Wildman–Crippen MR) is 111 cm³/mol. The molecule has 2 aromatic carbocycles. The molecular weight excluding hydrogens is 393 g/mol. The van der Waals surface area contributed by atoms with Crippen molar-refractivity contribution in [1.29, 1.82) is 0 Å². The van der Waals surface area contributed by atoms with Crippen LogP contribution in [0.1, 0.15) is 29.8 Å². The lowest BCUT2D eigenvalue weighted by Crippen LogP contribution is -2.31. The van der Waals surface area contributed by atoms with Gasteiger partial charge >= 0.3 is 0 Å². The van der Waals surface area contributed by atoms with Crippen molar-refractivity contribution in [3.05, 3.63) is 65.6 Å². The molecule has 8 heteroatoms. The van der Waals surface area contributed by atoms with Gasteiger partial charge in [-0.15, -0.1) is 0 Å². The van der Waals surface area contributed by atoms with Crippen LogP contribution in [0.5, 0.6) is 0 Å². The number of nitrogens with zero attached hydrogens (tertiary/aromatic N) is 1. The summed E-state index contributed by atoms with van der Waals surface area (Å²) in [5.41, 5.74) is 1.77. The average Bonchev–Trinajstić information content (AvgIpc) is 3.12. The van der Waals surface area contributed by atoms with Crippen molar-refractivity contribution in [2.45, 2.75) is 25.2 Å². The fraction of sp³-hybridized carbons (Fsp3) is 0.286. The van der Waals surface area contributed by atoms with E-state index in [0.29, 0.717) is 26.1 Å². The first-order valence-electron chi connectivity index (χ1n) is 9.51. The molecule has 154 valence electrons. The van der Waals surface area contributed by atoms with Crippen molar-refractivity contribution in [1.82, 2.24) is 14.6 Å². The Morgan fingerprint density at radius 3 is 2.59 bits per heavy atom. The summed E-state index contributed by atoms with van der Waals surface area (Å²) in [7, 11) is -3.77. The highest BCUT2D eigenvalue weighted by Gasteiger charge is 2.24. The fourth-order valence-electron chi connectivity index (χ4n) is 3.30. The topological polar surface area (TPSA) is 82.3 Å². The number of sulfonamides is 1. The molecule has 2 N–H and O–H groups in total. The molecule has 6 nitrogen and oxygen atoms in total. The maximum Gasteiger partial charge on any atom is 0.254 e.